The maximum Gasteiger partial charge on any atom is 0.270 e. The second kappa shape index (κ2) is 9.32. The average Bonchev–Trinajstić information content (AvgIpc) is 2.71. The second-order valence-corrected chi connectivity index (χ2v) is 5.95. The van der Waals surface area contributed by atoms with Crippen molar-refractivity contribution in [2.45, 2.75) is 19.4 Å². The molecule has 0 spiro atoms. The fourth-order valence-corrected chi connectivity index (χ4v) is 2.58. The molecule has 26 heavy (non-hydrogen) atoms. The van der Waals surface area contributed by atoms with Crippen LogP contribution in [0.2, 0.25) is 0 Å². The third-order valence-electron chi connectivity index (χ3n) is 3.95. The molecular weight excluding hydrogens is 324 g/mol. The quantitative estimate of drug-likeness (QED) is 0.613. The van der Waals surface area contributed by atoms with Gasteiger partial charge in [-0.15, -0.1) is 0 Å². The number of hydrogen-bond acceptors (Lipinski definition) is 4. The number of aryl methyl sites for hydroxylation is 1. The summed E-state index contributed by atoms with van der Waals surface area (Å²) in [6.07, 6.45) is 3.42. The Kier molecular flexibility index (Phi) is 6.31. The number of nitrogens with zero attached hydrogens (tertiary/aromatic N) is 2. The van der Waals surface area contributed by atoms with Crippen molar-refractivity contribution in [3.8, 4) is 0 Å². The lowest BCUT2D eigenvalue weighted by Crippen LogP contribution is -2.26. The Balaban J connectivity index is 1.46. The molecule has 0 saturated carbocycles. The molecule has 0 bridgehead atoms. The smallest absolute Gasteiger partial charge is 0.270 e. The molecule has 0 unspecified atom stereocenters. The van der Waals surface area contributed by atoms with E-state index < -0.39 is 0 Å². The van der Waals surface area contributed by atoms with Gasteiger partial charge < -0.3 is 10.6 Å². The summed E-state index contributed by atoms with van der Waals surface area (Å²) in [5, 5.41) is 6.06. The lowest BCUT2D eigenvalue weighted by Gasteiger charge is -2.07. The van der Waals surface area contributed by atoms with E-state index >= 15 is 0 Å². The van der Waals surface area contributed by atoms with Crippen LogP contribution in [0.25, 0.3) is 0 Å². The van der Waals surface area contributed by atoms with Crippen LogP contribution in [0.4, 0.5) is 5.95 Å². The van der Waals surface area contributed by atoms with Gasteiger partial charge in [0, 0.05) is 19.3 Å². The van der Waals surface area contributed by atoms with E-state index in [1.165, 1.54) is 5.56 Å². The standard InChI is InChI=1S/C21H22N4O/c26-20(22-14-7-12-17-8-3-1-4-9-17)19-13-15-23-21(25-19)24-16-18-10-5-2-6-11-18/h1-6,8-11,13,15H,7,12,14,16H2,(H,22,26)(H,23,24,25). The summed E-state index contributed by atoms with van der Waals surface area (Å²) >= 11 is 0. The third-order valence-corrected chi connectivity index (χ3v) is 3.95. The lowest BCUT2D eigenvalue weighted by molar-refractivity contribution is 0.0948. The number of rotatable bonds is 8. The van der Waals surface area contributed by atoms with Gasteiger partial charge in [-0.1, -0.05) is 60.7 Å². The van der Waals surface area contributed by atoms with Crippen LogP contribution in [0, 0.1) is 0 Å². The Morgan fingerprint density at radius 1 is 0.885 bits per heavy atom. The van der Waals surface area contributed by atoms with Crippen molar-refractivity contribution in [2.75, 3.05) is 11.9 Å². The number of aromatic nitrogens is 2. The Morgan fingerprint density at radius 2 is 1.58 bits per heavy atom. The van der Waals surface area contributed by atoms with Crippen molar-refractivity contribution in [1.82, 2.24) is 15.3 Å². The summed E-state index contributed by atoms with van der Waals surface area (Å²) < 4.78 is 0. The highest BCUT2D eigenvalue weighted by molar-refractivity contribution is 5.92. The molecular formula is C21H22N4O. The van der Waals surface area contributed by atoms with E-state index in [4.69, 9.17) is 0 Å². The Bertz CT molecular complexity index is 822. The first-order chi connectivity index (χ1) is 12.8. The van der Waals surface area contributed by atoms with Crippen LogP contribution < -0.4 is 10.6 Å². The van der Waals surface area contributed by atoms with Gasteiger partial charge in [0.05, 0.1) is 0 Å². The SMILES string of the molecule is O=C(NCCCc1ccccc1)c1ccnc(NCc2ccccc2)n1. The maximum absolute atomic E-state index is 12.3. The van der Waals surface area contributed by atoms with E-state index in [-0.39, 0.29) is 5.91 Å². The highest BCUT2D eigenvalue weighted by Gasteiger charge is 2.08. The summed E-state index contributed by atoms with van der Waals surface area (Å²) in [4.78, 5) is 20.7. The number of amides is 1. The van der Waals surface area contributed by atoms with Gasteiger partial charge >= 0.3 is 0 Å². The monoisotopic (exact) mass is 346 g/mol. The van der Waals surface area contributed by atoms with Crippen LogP contribution in [-0.2, 0) is 13.0 Å². The predicted octanol–water partition coefficient (Wildman–Crippen LogP) is 3.45. The van der Waals surface area contributed by atoms with Gasteiger partial charge in [0.2, 0.25) is 5.95 Å². The molecule has 0 atom stereocenters. The molecule has 5 heteroatoms. The minimum Gasteiger partial charge on any atom is -0.351 e. The molecule has 1 heterocycles. The molecule has 3 rings (SSSR count). The zero-order valence-electron chi connectivity index (χ0n) is 14.6. The first-order valence-electron chi connectivity index (χ1n) is 8.74. The van der Waals surface area contributed by atoms with Crippen LogP contribution in [-0.4, -0.2) is 22.4 Å². The van der Waals surface area contributed by atoms with Gasteiger partial charge in [-0.05, 0) is 30.0 Å². The van der Waals surface area contributed by atoms with Crippen LogP contribution in [0.1, 0.15) is 28.0 Å². The Labute approximate surface area is 153 Å². The van der Waals surface area contributed by atoms with E-state index in [2.05, 4.69) is 32.7 Å². The lowest BCUT2D eigenvalue weighted by atomic mass is 10.1. The molecule has 1 aromatic heterocycles. The van der Waals surface area contributed by atoms with E-state index in [0.29, 0.717) is 24.7 Å². The molecule has 0 fully saturated rings. The minimum atomic E-state index is -0.178. The molecule has 0 aliphatic rings. The number of carbonyl (C=O) groups is 1. The van der Waals surface area contributed by atoms with Crippen molar-refractivity contribution in [2.24, 2.45) is 0 Å². The summed E-state index contributed by atoms with van der Waals surface area (Å²) in [6, 6.07) is 21.9. The Hall–Kier alpha value is -3.21. The molecule has 0 radical (unpaired) electrons. The van der Waals surface area contributed by atoms with Crippen LogP contribution in [0.5, 0.6) is 0 Å². The second-order valence-electron chi connectivity index (χ2n) is 5.95. The normalized spacial score (nSPS) is 10.3. The van der Waals surface area contributed by atoms with Crippen molar-refractivity contribution in [3.05, 3.63) is 89.7 Å². The average molecular weight is 346 g/mol. The largest absolute Gasteiger partial charge is 0.351 e. The van der Waals surface area contributed by atoms with E-state index in [1.54, 1.807) is 12.3 Å². The van der Waals surface area contributed by atoms with E-state index in [9.17, 15) is 4.79 Å². The topological polar surface area (TPSA) is 66.9 Å². The van der Waals surface area contributed by atoms with Gasteiger partial charge in [0.25, 0.3) is 5.91 Å². The summed E-state index contributed by atoms with van der Waals surface area (Å²) in [5.74, 6) is 0.272. The van der Waals surface area contributed by atoms with Crippen molar-refractivity contribution >= 4 is 11.9 Å². The zero-order valence-corrected chi connectivity index (χ0v) is 14.6. The molecule has 0 aliphatic carbocycles. The zero-order chi connectivity index (χ0) is 18.0. The predicted molar refractivity (Wildman–Crippen MR) is 103 cm³/mol. The van der Waals surface area contributed by atoms with E-state index in [1.807, 2.05) is 48.5 Å². The third kappa shape index (κ3) is 5.41. The fraction of sp³-hybridized carbons (Fsp3) is 0.190. The van der Waals surface area contributed by atoms with Gasteiger partial charge in [-0.2, -0.15) is 0 Å². The Morgan fingerprint density at radius 3 is 2.31 bits per heavy atom. The van der Waals surface area contributed by atoms with Crippen LogP contribution in [0.15, 0.2) is 72.9 Å². The van der Waals surface area contributed by atoms with Gasteiger partial charge in [0.15, 0.2) is 0 Å². The van der Waals surface area contributed by atoms with E-state index in [0.717, 1.165) is 18.4 Å². The van der Waals surface area contributed by atoms with Crippen molar-refractivity contribution in [1.29, 1.82) is 0 Å². The molecule has 1 amide bonds. The summed E-state index contributed by atoms with van der Waals surface area (Å²) in [5.41, 5.74) is 2.78. The number of carbonyl (C=O) groups excluding carboxylic acids is 1. The van der Waals surface area contributed by atoms with Crippen LogP contribution >= 0.6 is 0 Å². The molecule has 2 aromatic carbocycles. The summed E-state index contributed by atoms with van der Waals surface area (Å²) in [6.45, 7) is 1.23. The van der Waals surface area contributed by atoms with Gasteiger partial charge in [-0.3, -0.25) is 4.79 Å². The molecule has 0 saturated heterocycles. The summed E-state index contributed by atoms with van der Waals surface area (Å²) in [7, 11) is 0. The first kappa shape index (κ1) is 17.6. The highest BCUT2D eigenvalue weighted by atomic mass is 16.1. The first-order valence-corrected chi connectivity index (χ1v) is 8.74. The molecule has 2 N–H and O–H groups in total. The van der Waals surface area contributed by atoms with Crippen LogP contribution in [0.3, 0.4) is 0 Å². The number of nitrogens with one attached hydrogen (secondary N) is 2. The molecule has 0 aliphatic heterocycles. The van der Waals surface area contributed by atoms with Crippen molar-refractivity contribution in [3.63, 3.8) is 0 Å². The number of hydrogen-bond donors (Lipinski definition) is 2. The fourth-order valence-electron chi connectivity index (χ4n) is 2.58. The number of benzene rings is 2. The molecule has 3 aromatic rings. The maximum atomic E-state index is 12.3. The van der Waals surface area contributed by atoms with Gasteiger partial charge in [-0.25, -0.2) is 9.97 Å². The number of anilines is 1. The van der Waals surface area contributed by atoms with Gasteiger partial charge in [0.1, 0.15) is 5.69 Å². The molecule has 5 nitrogen and oxygen atoms in total. The minimum absolute atomic E-state index is 0.178. The van der Waals surface area contributed by atoms with Crippen molar-refractivity contribution < 1.29 is 4.79 Å². The highest BCUT2D eigenvalue weighted by Crippen LogP contribution is 2.05. The molecule has 132 valence electrons.